The molecule has 0 aliphatic rings. The van der Waals surface area contributed by atoms with Gasteiger partial charge in [-0.15, -0.1) is 0 Å². The van der Waals surface area contributed by atoms with E-state index in [0.29, 0.717) is 5.69 Å². The molecule has 27 heavy (non-hydrogen) atoms. The number of hydrogen-bond donors (Lipinski definition) is 2. The number of rotatable bonds is 7. The normalized spacial score (nSPS) is 11.2. The van der Waals surface area contributed by atoms with Crippen LogP contribution in [-0.2, 0) is 9.59 Å². The van der Waals surface area contributed by atoms with Gasteiger partial charge in [-0.3, -0.25) is 4.79 Å². The first kappa shape index (κ1) is 19.3. The molecule has 0 fully saturated rings. The first-order chi connectivity index (χ1) is 12.9. The smallest absolute Gasteiger partial charge is 0.348 e. The Labute approximate surface area is 155 Å². The van der Waals surface area contributed by atoms with Crippen LogP contribution in [0.5, 0.6) is 0 Å². The van der Waals surface area contributed by atoms with Crippen molar-refractivity contribution in [2.75, 3.05) is 18.5 Å². The summed E-state index contributed by atoms with van der Waals surface area (Å²) in [7, 11) is 1.71. The minimum Gasteiger partial charge on any atom is -0.480 e. The lowest BCUT2D eigenvalue weighted by Crippen LogP contribution is -2.24. The third-order valence-electron chi connectivity index (χ3n) is 3.59. The summed E-state index contributed by atoms with van der Waals surface area (Å²) in [6, 6.07) is 16.1. The Morgan fingerprint density at radius 3 is 2.11 bits per heavy atom. The van der Waals surface area contributed by atoms with Crippen molar-refractivity contribution in [3.8, 4) is 17.2 Å². The molecule has 8 nitrogen and oxygen atoms in total. The molecule has 2 aromatic carbocycles. The van der Waals surface area contributed by atoms with E-state index in [4.69, 9.17) is 15.5 Å². The topological polar surface area (TPSA) is 126 Å². The second-order valence-electron chi connectivity index (χ2n) is 5.52. The van der Waals surface area contributed by atoms with Crippen LogP contribution in [0.2, 0.25) is 0 Å². The highest BCUT2D eigenvalue weighted by atomic mass is 16.4. The number of nitrogens with zero attached hydrogens (tertiary/aromatic N) is 4. The Bertz CT molecular complexity index is 926. The summed E-state index contributed by atoms with van der Waals surface area (Å²) in [6.07, 6.45) is 0.891. The molecule has 2 rings (SSSR count). The largest absolute Gasteiger partial charge is 0.480 e. The van der Waals surface area contributed by atoms with E-state index in [1.807, 2.05) is 36.4 Å². The molecule has 8 heteroatoms. The molecule has 0 saturated carbocycles. The van der Waals surface area contributed by atoms with Crippen LogP contribution in [0.1, 0.15) is 0 Å². The first-order valence-corrected chi connectivity index (χ1v) is 7.78. The van der Waals surface area contributed by atoms with E-state index in [9.17, 15) is 9.59 Å². The van der Waals surface area contributed by atoms with Gasteiger partial charge in [0.15, 0.2) is 5.57 Å². The Morgan fingerprint density at radius 2 is 1.63 bits per heavy atom. The number of likely N-dealkylation sites (N-methyl/N-ethyl adjacent to an activating group) is 1. The minimum atomic E-state index is -1.36. The van der Waals surface area contributed by atoms with Crippen LogP contribution in [0.25, 0.3) is 11.1 Å². The van der Waals surface area contributed by atoms with Crippen molar-refractivity contribution >= 4 is 23.3 Å². The number of azo groups is 1. The number of aliphatic carboxylic acids is 2. The zero-order valence-corrected chi connectivity index (χ0v) is 14.4. The molecular formula is C19H16N4O4. The summed E-state index contributed by atoms with van der Waals surface area (Å²) >= 11 is 0. The zero-order chi connectivity index (χ0) is 19.8. The molecule has 0 aliphatic heterocycles. The number of carbonyl (C=O) groups is 2. The SMILES string of the molecule is CN(CC(=O)O)c1ccc(-c2ccc(N=N/C=C(\C#N)C(=O)O)cc2)cc1. The van der Waals surface area contributed by atoms with E-state index in [1.54, 1.807) is 24.1 Å². The van der Waals surface area contributed by atoms with E-state index >= 15 is 0 Å². The molecule has 0 spiro atoms. The number of anilines is 1. The molecule has 0 unspecified atom stereocenters. The van der Waals surface area contributed by atoms with E-state index in [-0.39, 0.29) is 6.54 Å². The van der Waals surface area contributed by atoms with Gasteiger partial charge in [0.25, 0.3) is 0 Å². The van der Waals surface area contributed by atoms with Crippen molar-refractivity contribution in [3.05, 3.63) is 60.3 Å². The molecule has 0 amide bonds. The number of benzene rings is 2. The number of carboxylic acid groups (broad SMARTS) is 2. The lowest BCUT2D eigenvalue weighted by molar-refractivity contribution is -0.135. The van der Waals surface area contributed by atoms with Crippen LogP contribution in [0.4, 0.5) is 11.4 Å². The van der Waals surface area contributed by atoms with Crippen LogP contribution in [0.3, 0.4) is 0 Å². The third-order valence-corrected chi connectivity index (χ3v) is 3.59. The number of nitriles is 1. The zero-order valence-electron chi connectivity index (χ0n) is 14.4. The Hall–Kier alpha value is -3.99. The predicted octanol–water partition coefficient (Wildman–Crippen LogP) is 3.45. The molecule has 0 aliphatic carbocycles. The van der Waals surface area contributed by atoms with E-state index in [2.05, 4.69) is 10.2 Å². The second-order valence-corrected chi connectivity index (χ2v) is 5.52. The van der Waals surface area contributed by atoms with Crippen LogP contribution >= 0.6 is 0 Å². The summed E-state index contributed by atoms with van der Waals surface area (Å²) in [5, 5.41) is 33.6. The van der Waals surface area contributed by atoms with Crippen molar-refractivity contribution in [3.63, 3.8) is 0 Å². The molecular weight excluding hydrogens is 348 g/mol. The van der Waals surface area contributed by atoms with E-state index < -0.39 is 17.5 Å². The highest BCUT2D eigenvalue weighted by Gasteiger charge is 2.06. The lowest BCUT2D eigenvalue weighted by Gasteiger charge is -2.17. The van der Waals surface area contributed by atoms with Gasteiger partial charge >= 0.3 is 11.9 Å². The van der Waals surface area contributed by atoms with Gasteiger partial charge in [0, 0.05) is 12.7 Å². The highest BCUT2D eigenvalue weighted by molar-refractivity contribution is 5.90. The molecule has 0 saturated heterocycles. The second kappa shape index (κ2) is 8.92. The maximum absolute atomic E-state index is 10.8. The highest BCUT2D eigenvalue weighted by Crippen LogP contribution is 2.25. The fourth-order valence-electron chi connectivity index (χ4n) is 2.21. The van der Waals surface area contributed by atoms with Crippen molar-refractivity contribution < 1.29 is 19.8 Å². The van der Waals surface area contributed by atoms with Gasteiger partial charge in [-0.05, 0) is 35.4 Å². The molecule has 0 aromatic heterocycles. The summed E-state index contributed by atoms with van der Waals surface area (Å²) < 4.78 is 0. The van der Waals surface area contributed by atoms with Gasteiger partial charge in [0.05, 0.1) is 11.9 Å². The summed E-state index contributed by atoms with van der Waals surface area (Å²) in [5.41, 5.74) is 2.69. The monoisotopic (exact) mass is 364 g/mol. The fourth-order valence-corrected chi connectivity index (χ4v) is 2.21. The van der Waals surface area contributed by atoms with Crippen molar-refractivity contribution in [1.82, 2.24) is 0 Å². The molecule has 0 radical (unpaired) electrons. The summed E-state index contributed by atoms with van der Waals surface area (Å²) in [4.78, 5) is 23.1. The van der Waals surface area contributed by atoms with Crippen LogP contribution in [0, 0.1) is 11.3 Å². The van der Waals surface area contributed by atoms with Gasteiger partial charge in [-0.25, -0.2) is 4.79 Å². The number of carboxylic acids is 2. The maximum Gasteiger partial charge on any atom is 0.348 e. The number of hydrogen-bond acceptors (Lipinski definition) is 6. The summed E-state index contributed by atoms with van der Waals surface area (Å²) in [5.74, 6) is -2.25. The van der Waals surface area contributed by atoms with Crippen molar-refractivity contribution in [1.29, 1.82) is 5.26 Å². The van der Waals surface area contributed by atoms with E-state index in [1.165, 1.54) is 6.07 Å². The van der Waals surface area contributed by atoms with Gasteiger partial charge < -0.3 is 15.1 Å². The predicted molar refractivity (Wildman–Crippen MR) is 98.6 cm³/mol. The van der Waals surface area contributed by atoms with Gasteiger partial charge in [-0.2, -0.15) is 15.5 Å². The Kier molecular flexibility index (Phi) is 6.39. The quantitative estimate of drug-likeness (QED) is 0.440. The Balaban J connectivity index is 2.10. The van der Waals surface area contributed by atoms with Crippen LogP contribution in [-0.4, -0.2) is 35.7 Å². The fraction of sp³-hybridized carbons (Fsp3) is 0.105. The molecule has 2 N–H and O–H groups in total. The van der Waals surface area contributed by atoms with Crippen LogP contribution < -0.4 is 4.90 Å². The maximum atomic E-state index is 10.8. The molecule has 0 heterocycles. The molecule has 2 aromatic rings. The average Bonchev–Trinajstić information content (AvgIpc) is 2.65. The van der Waals surface area contributed by atoms with Crippen molar-refractivity contribution in [2.24, 2.45) is 10.2 Å². The Morgan fingerprint density at radius 1 is 1.07 bits per heavy atom. The molecule has 0 bridgehead atoms. The third kappa shape index (κ3) is 5.51. The first-order valence-electron chi connectivity index (χ1n) is 7.78. The minimum absolute atomic E-state index is 0.0805. The average molecular weight is 364 g/mol. The van der Waals surface area contributed by atoms with E-state index in [0.717, 1.165) is 23.0 Å². The standard InChI is InChI=1S/C19H16N4O4/c1-23(12-18(24)25)17-8-4-14(5-9-17)13-2-6-16(7-3-13)22-21-11-15(10-20)19(26)27/h2-9,11H,12H2,1H3,(H,24,25)(H,26,27)/b15-11+,22-21?. The van der Waals surface area contributed by atoms with Crippen molar-refractivity contribution in [2.45, 2.75) is 0 Å². The van der Waals surface area contributed by atoms with Gasteiger partial charge in [-0.1, -0.05) is 24.3 Å². The lowest BCUT2D eigenvalue weighted by atomic mass is 10.0. The van der Waals surface area contributed by atoms with Crippen LogP contribution in [0.15, 0.2) is 70.5 Å². The molecule has 136 valence electrons. The van der Waals surface area contributed by atoms with Gasteiger partial charge in [0.1, 0.15) is 12.6 Å². The molecule has 0 atom stereocenters. The summed E-state index contributed by atoms with van der Waals surface area (Å²) in [6.45, 7) is -0.0805. The van der Waals surface area contributed by atoms with Gasteiger partial charge in [0.2, 0.25) is 0 Å².